The van der Waals surface area contributed by atoms with E-state index in [1.807, 2.05) is 6.92 Å². The zero-order valence-corrected chi connectivity index (χ0v) is 8.55. The largest absolute Gasteiger partial charge is 0.365 e. The Bertz CT molecular complexity index is 568. The Balaban J connectivity index is 2.37. The van der Waals surface area contributed by atoms with Crippen LogP contribution in [0.25, 0.3) is 11.4 Å². The van der Waals surface area contributed by atoms with Crippen LogP contribution in [-0.4, -0.2) is 25.3 Å². The van der Waals surface area contributed by atoms with Crippen molar-refractivity contribution in [2.75, 3.05) is 0 Å². The van der Waals surface area contributed by atoms with Gasteiger partial charge in [-0.15, -0.1) is 5.10 Å². The third-order valence-corrected chi connectivity index (χ3v) is 2.97. The van der Waals surface area contributed by atoms with Crippen LogP contribution in [0.15, 0.2) is 18.2 Å². The van der Waals surface area contributed by atoms with Crippen LogP contribution in [0.5, 0.6) is 0 Å². The van der Waals surface area contributed by atoms with Crippen molar-refractivity contribution in [3.8, 4) is 11.4 Å². The third-order valence-electron chi connectivity index (χ3n) is 2.97. The highest BCUT2D eigenvalue weighted by Gasteiger charge is 2.42. The molecule has 6 heteroatoms. The van der Waals surface area contributed by atoms with Crippen LogP contribution >= 0.6 is 0 Å². The summed E-state index contributed by atoms with van der Waals surface area (Å²) in [6.07, 6.45) is 0.420. The summed E-state index contributed by atoms with van der Waals surface area (Å²) in [4.78, 5) is 0. The number of tetrazole rings is 1. The summed E-state index contributed by atoms with van der Waals surface area (Å²) in [6.45, 7) is 1.82. The van der Waals surface area contributed by atoms with Gasteiger partial charge < -0.3 is 5.11 Å². The molecular formula is C10H9FN4O. The number of aliphatic hydroxyl groups is 1. The molecule has 1 aromatic carbocycles. The van der Waals surface area contributed by atoms with Crippen molar-refractivity contribution in [1.82, 2.24) is 20.2 Å². The van der Waals surface area contributed by atoms with Gasteiger partial charge in [0.2, 0.25) is 0 Å². The molecule has 1 aromatic heterocycles. The molecule has 0 saturated carbocycles. The van der Waals surface area contributed by atoms with Crippen molar-refractivity contribution >= 4 is 0 Å². The van der Waals surface area contributed by atoms with E-state index >= 15 is 0 Å². The van der Waals surface area contributed by atoms with Gasteiger partial charge in [-0.2, -0.15) is 4.68 Å². The summed E-state index contributed by atoms with van der Waals surface area (Å²) in [6, 6.07) is 4.22. The van der Waals surface area contributed by atoms with Crippen LogP contribution < -0.4 is 0 Å². The quantitative estimate of drug-likeness (QED) is 0.775. The van der Waals surface area contributed by atoms with Gasteiger partial charge in [-0.3, -0.25) is 0 Å². The highest BCUT2D eigenvalue weighted by atomic mass is 19.1. The molecule has 82 valence electrons. The molecule has 0 aliphatic carbocycles. The molecule has 1 unspecified atom stereocenters. The molecular weight excluding hydrogens is 211 g/mol. The van der Waals surface area contributed by atoms with Gasteiger partial charge in [0.1, 0.15) is 5.82 Å². The standard InChI is InChI=1S/C10H9FN4O/c1-2-10(16)8-4-3-6(11)5-7(8)9-12-13-14-15(9)10/h3-5,16H,2H2,1H3. The second-order valence-electron chi connectivity index (χ2n) is 3.77. The zero-order chi connectivity index (χ0) is 11.3. The van der Waals surface area contributed by atoms with Gasteiger partial charge >= 0.3 is 0 Å². The summed E-state index contributed by atoms with van der Waals surface area (Å²) in [5, 5.41) is 21.5. The van der Waals surface area contributed by atoms with Crippen molar-refractivity contribution in [3.63, 3.8) is 0 Å². The molecule has 2 aromatic rings. The van der Waals surface area contributed by atoms with Crippen LogP contribution in [0.4, 0.5) is 4.39 Å². The van der Waals surface area contributed by atoms with Crippen LogP contribution in [-0.2, 0) is 5.72 Å². The first kappa shape index (κ1) is 9.41. The molecule has 2 heterocycles. The van der Waals surface area contributed by atoms with Crippen molar-refractivity contribution in [2.45, 2.75) is 19.1 Å². The first-order valence-corrected chi connectivity index (χ1v) is 4.98. The van der Waals surface area contributed by atoms with E-state index in [0.29, 0.717) is 23.4 Å². The molecule has 5 nitrogen and oxygen atoms in total. The lowest BCUT2D eigenvalue weighted by atomic mass is 9.99. The van der Waals surface area contributed by atoms with E-state index in [2.05, 4.69) is 15.5 Å². The Hall–Kier alpha value is -1.82. The molecule has 1 aliphatic heterocycles. The Morgan fingerprint density at radius 1 is 1.50 bits per heavy atom. The molecule has 1 atom stereocenters. The average molecular weight is 220 g/mol. The molecule has 0 saturated heterocycles. The smallest absolute Gasteiger partial charge is 0.188 e. The van der Waals surface area contributed by atoms with Crippen LogP contribution in [0, 0.1) is 5.82 Å². The second kappa shape index (κ2) is 2.85. The fraction of sp³-hybridized carbons (Fsp3) is 0.300. The third kappa shape index (κ3) is 0.943. The monoisotopic (exact) mass is 220 g/mol. The average Bonchev–Trinajstić information content (AvgIpc) is 2.83. The lowest BCUT2D eigenvalue weighted by Gasteiger charge is -2.22. The van der Waals surface area contributed by atoms with Crippen molar-refractivity contribution in [3.05, 3.63) is 29.6 Å². The normalized spacial score (nSPS) is 21.9. The summed E-state index contributed by atoms with van der Waals surface area (Å²) in [5.74, 6) is 0.0347. The minimum atomic E-state index is -1.26. The highest BCUT2D eigenvalue weighted by Crippen LogP contribution is 2.41. The molecule has 0 fully saturated rings. The number of aromatic nitrogens is 4. The zero-order valence-electron chi connectivity index (χ0n) is 8.55. The van der Waals surface area contributed by atoms with Crippen LogP contribution in [0.2, 0.25) is 0 Å². The predicted octanol–water partition coefficient (Wildman–Crippen LogP) is 0.896. The fourth-order valence-electron chi connectivity index (χ4n) is 2.11. The fourth-order valence-corrected chi connectivity index (χ4v) is 2.11. The maximum atomic E-state index is 13.2. The Morgan fingerprint density at radius 3 is 3.06 bits per heavy atom. The number of hydrogen-bond donors (Lipinski definition) is 1. The van der Waals surface area contributed by atoms with E-state index in [1.165, 1.54) is 16.8 Å². The van der Waals surface area contributed by atoms with E-state index in [4.69, 9.17) is 0 Å². The maximum Gasteiger partial charge on any atom is 0.188 e. The molecule has 0 bridgehead atoms. The van der Waals surface area contributed by atoms with Gasteiger partial charge in [-0.25, -0.2) is 4.39 Å². The van der Waals surface area contributed by atoms with Gasteiger partial charge in [0, 0.05) is 11.1 Å². The van der Waals surface area contributed by atoms with Crippen molar-refractivity contribution in [2.24, 2.45) is 0 Å². The van der Waals surface area contributed by atoms with E-state index < -0.39 is 5.72 Å². The van der Waals surface area contributed by atoms with Crippen LogP contribution in [0.3, 0.4) is 0 Å². The predicted molar refractivity (Wildman–Crippen MR) is 52.8 cm³/mol. The van der Waals surface area contributed by atoms with Gasteiger partial charge in [-0.1, -0.05) is 13.0 Å². The number of benzene rings is 1. The van der Waals surface area contributed by atoms with E-state index in [0.717, 1.165) is 0 Å². The van der Waals surface area contributed by atoms with Crippen LogP contribution in [0.1, 0.15) is 18.9 Å². The Morgan fingerprint density at radius 2 is 2.31 bits per heavy atom. The number of nitrogens with zero attached hydrogens (tertiary/aromatic N) is 4. The van der Waals surface area contributed by atoms with E-state index in [1.54, 1.807) is 6.07 Å². The number of fused-ring (bicyclic) bond motifs is 3. The highest BCUT2D eigenvalue weighted by molar-refractivity contribution is 5.66. The summed E-state index contributed by atoms with van der Waals surface area (Å²) in [7, 11) is 0. The number of rotatable bonds is 1. The second-order valence-corrected chi connectivity index (χ2v) is 3.77. The Labute approximate surface area is 90.5 Å². The number of halogens is 1. The molecule has 3 rings (SSSR count). The summed E-state index contributed by atoms with van der Waals surface area (Å²) in [5.41, 5.74) is -0.0925. The maximum absolute atomic E-state index is 13.2. The SMILES string of the molecule is CCC1(O)c2ccc(F)cc2-c2nnnn21. The molecule has 0 spiro atoms. The topological polar surface area (TPSA) is 63.8 Å². The first-order valence-electron chi connectivity index (χ1n) is 4.98. The van der Waals surface area contributed by atoms with E-state index in [9.17, 15) is 9.50 Å². The van der Waals surface area contributed by atoms with Gasteiger partial charge in [-0.05, 0) is 29.0 Å². The van der Waals surface area contributed by atoms with E-state index in [-0.39, 0.29) is 5.82 Å². The Kier molecular flexibility index (Phi) is 1.68. The molecule has 1 aliphatic rings. The van der Waals surface area contributed by atoms with Crippen molar-refractivity contribution < 1.29 is 9.50 Å². The van der Waals surface area contributed by atoms with Crippen molar-refractivity contribution in [1.29, 1.82) is 0 Å². The molecule has 16 heavy (non-hydrogen) atoms. The lowest BCUT2D eigenvalue weighted by Crippen LogP contribution is -2.31. The van der Waals surface area contributed by atoms with Gasteiger partial charge in [0.25, 0.3) is 0 Å². The molecule has 1 N–H and O–H groups in total. The number of hydrogen-bond acceptors (Lipinski definition) is 4. The minimum Gasteiger partial charge on any atom is -0.365 e. The van der Waals surface area contributed by atoms with Gasteiger partial charge in [0.15, 0.2) is 11.5 Å². The van der Waals surface area contributed by atoms with Gasteiger partial charge in [0.05, 0.1) is 0 Å². The molecule has 0 radical (unpaired) electrons. The first-order chi connectivity index (χ1) is 7.66. The summed E-state index contributed by atoms with van der Waals surface area (Å²) >= 11 is 0. The molecule has 0 amide bonds. The lowest BCUT2D eigenvalue weighted by molar-refractivity contribution is -0.00403. The minimum absolute atomic E-state index is 0.367. The summed E-state index contributed by atoms with van der Waals surface area (Å²) < 4.78 is 14.5.